The number of nitrogens with two attached hydrogens (primary N) is 1. The SMILES string of the molecule is CCN1CCOC(c2noc(C3CCCCCC3N)n2)C1. The van der Waals surface area contributed by atoms with E-state index >= 15 is 0 Å². The molecule has 2 fully saturated rings. The van der Waals surface area contributed by atoms with E-state index < -0.39 is 0 Å². The van der Waals surface area contributed by atoms with Crippen LogP contribution in [0.15, 0.2) is 4.52 Å². The van der Waals surface area contributed by atoms with Crippen LogP contribution in [-0.4, -0.2) is 47.3 Å². The van der Waals surface area contributed by atoms with Crippen molar-refractivity contribution >= 4 is 0 Å². The van der Waals surface area contributed by atoms with Gasteiger partial charge in [-0.3, -0.25) is 4.90 Å². The Bertz CT molecular complexity index is 451. The van der Waals surface area contributed by atoms with Crippen LogP contribution in [0.3, 0.4) is 0 Å². The zero-order chi connectivity index (χ0) is 14.7. The highest BCUT2D eigenvalue weighted by Gasteiger charge is 2.30. The minimum Gasteiger partial charge on any atom is -0.367 e. The average Bonchev–Trinajstić information content (AvgIpc) is 2.90. The number of hydrogen-bond acceptors (Lipinski definition) is 6. The van der Waals surface area contributed by atoms with Crippen LogP contribution in [0.4, 0.5) is 0 Å². The molecule has 21 heavy (non-hydrogen) atoms. The van der Waals surface area contributed by atoms with Crippen molar-refractivity contribution in [2.45, 2.75) is 57.1 Å². The fourth-order valence-electron chi connectivity index (χ4n) is 3.32. The maximum atomic E-state index is 6.28. The van der Waals surface area contributed by atoms with Crippen molar-refractivity contribution in [1.82, 2.24) is 15.0 Å². The van der Waals surface area contributed by atoms with E-state index in [0.717, 1.165) is 39.1 Å². The summed E-state index contributed by atoms with van der Waals surface area (Å²) < 4.78 is 11.3. The Labute approximate surface area is 126 Å². The van der Waals surface area contributed by atoms with Gasteiger partial charge in [-0.15, -0.1) is 0 Å². The number of rotatable bonds is 3. The Hall–Kier alpha value is -0.980. The lowest BCUT2D eigenvalue weighted by Gasteiger charge is -2.30. The average molecular weight is 294 g/mol. The lowest BCUT2D eigenvalue weighted by molar-refractivity contribution is -0.0334. The lowest BCUT2D eigenvalue weighted by Crippen LogP contribution is -2.38. The maximum absolute atomic E-state index is 6.28. The van der Waals surface area contributed by atoms with E-state index in [-0.39, 0.29) is 18.1 Å². The quantitative estimate of drug-likeness (QED) is 0.857. The first kappa shape index (κ1) is 14.9. The van der Waals surface area contributed by atoms with Gasteiger partial charge in [-0.2, -0.15) is 4.98 Å². The molecule has 1 aliphatic heterocycles. The van der Waals surface area contributed by atoms with E-state index in [1.54, 1.807) is 0 Å². The zero-order valence-corrected chi connectivity index (χ0v) is 12.8. The molecule has 118 valence electrons. The van der Waals surface area contributed by atoms with E-state index in [0.29, 0.717) is 11.7 Å². The maximum Gasteiger partial charge on any atom is 0.231 e. The van der Waals surface area contributed by atoms with Crippen molar-refractivity contribution < 1.29 is 9.26 Å². The molecule has 0 radical (unpaired) electrons. The summed E-state index contributed by atoms with van der Waals surface area (Å²) in [6.07, 6.45) is 5.68. The Morgan fingerprint density at radius 2 is 2.14 bits per heavy atom. The second kappa shape index (κ2) is 6.85. The highest BCUT2D eigenvalue weighted by atomic mass is 16.5. The molecule has 0 aromatic carbocycles. The molecule has 3 unspecified atom stereocenters. The highest BCUT2D eigenvalue weighted by Crippen LogP contribution is 2.31. The molecule has 2 heterocycles. The zero-order valence-electron chi connectivity index (χ0n) is 12.8. The number of likely N-dealkylation sites (N-methyl/N-ethyl adjacent to an activating group) is 1. The number of nitrogens with zero attached hydrogens (tertiary/aromatic N) is 3. The van der Waals surface area contributed by atoms with Gasteiger partial charge in [0.25, 0.3) is 0 Å². The third kappa shape index (κ3) is 3.44. The standard InChI is InChI=1S/C15H26N4O2/c1-2-19-8-9-20-13(10-19)14-17-15(21-18-14)11-6-4-3-5-7-12(11)16/h11-13H,2-10,16H2,1H3. The first-order valence-electron chi connectivity index (χ1n) is 8.21. The Balaban J connectivity index is 1.70. The molecular formula is C15H26N4O2. The van der Waals surface area contributed by atoms with Gasteiger partial charge in [0.05, 0.1) is 12.5 Å². The summed E-state index contributed by atoms with van der Waals surface area (Å²) in [5.41, 5.74) is 6.28. The molecule has 1 aliphatic carbocycles. The van der Waals surface area contributed by atoms with Crippen LogP contribution < -0.4 is 5.73 Å². The molecule has 0 amide bonds. The molecule has 0 spiro atoms. The van der Waals surface area contributed by atoms with Crippen molar-refractivity contribution in [3.05, 3.63) is 11.7 Å². The largest absolute Gasteiger partial charge is 0.367 e. The molecule has 0 bridgehead atoms. The summed E-state index contributed by atoms with van der Waals surface area (Å²) in [6, 6.07) is 0.139. The Morgan fingerprint density at radius 3 is 3.00 bits per heavy atom. The normalized spacial score (nSPS) is 32.0. The van der Waals surface area contributed by atoms with Gasteiger partial charge >= 0.3 is 0 Å². The van der Waals surface area contributed by atoms with Crippen molar-refractivity contribution in [1.29, 1.82) is 0 Å². The predicted octanol–water partition coefficient (Wildman–Crippen LogP) is 1.84. The van der Waals surface area contributed by atoms with Gasteiger partial charge in [0.1, 0.15) is 6.10 Å². The third-order valence-corrected chi connectivity index (χ3v) is 4.73. The second-order valence-electron chi connectivity index (χ2n) is 6.15. The molecule has 2 N–H and O–H groups in total. The molecule has 1 aromatic heterocycles. The van der Waals surface area contributed by atoms with Gasteiger partial charge in [0, 0.05) is 19.1 Å². The summed E-state index contributed by atoms with van der Waals surface area (Å²) in [5.74, 6) is 1.59. The van der Waals surface area contributed by atoms with Gasteiger partial charge in [-0.05, 0) is 19.4 Å². The first-order chi connectivity index (χ1) is 10.3. The van der Waals surface area contributed by atoms with Gasteiger partial charge < -0.3 is 15.0 Å². The number of morpholine rings is 1. The number of hydrogen-bond donors (Lipinski definition) is 1. The summed E-state index contributed by atoms with van der Waals surface area (Å²) in [6.45, 7) is 5.73. The molecule has 6 nitrogen and oxygen atoms in total. The minimum absolute atomic E-state index is 0.0711. The van der Waals surface area contributed by atoms with E-state index in [4.69, 9.17) is 15.0 Å². The van der Waals surface area contributed by atoms with E-state index in [1.807, 2.05) is 0 Å². The van der Waals surface area contributed by atoms with Crippen LogP contribution >= 0.6 is 0 Å². The van der Waals surface area contributed by atoms with Crippen LogP contribution in [0.2, 0.25) is 0 Å². The number of ether oxygens (including phenoxy) is 1. The van der Waals surface area contributed by atoms with Crippen molar-refractivity contribution in [3.8, 4) is 0 Å². The molecular weight excluding hydrogens is 268 g/mol. The van der Waals surface area contributed by atoms with Crippen LogP contribution in [0.25, 0.3) is 0 Å². The smallest absolute Gasteiger partial charge is 0.231 e. The predicted molar refractivity (Wildman–Crippen MR) is 78.9 cm³/mol. The molecule has 3 rings (SSSR count). The lowest BCUT2D eigenvalue weighted by atomic mass is 9.95. The van der Waals surface area contributed by atoms with E-state index in [1.165, 1.54) is 19.3 Å². The van der Waals surface area contributed by atoms with Crippen molar-refractivity contribution in [2.75, 3.05) is 26.2 Å². The van der Waals surface area contributed by atoms with Crippen LogP contribution in [0.1, 0.15) is 62.8 Å². The summed E-state index contributed by atoms with van der Waals surface area (Å²) in [7, 11) is 0. The summed E-state index contributed by atoms with van der Waals surface area (Å²) in [4.78, 5) is 6.96. The van der Waals surface area contributed by atoms with E-state index in [2.05, 4.69) is 22.0 Å². The third-order valence-electron chi connectivity index (χ3n) is 4.73. The summed E-state index contributed by atoms with van der Waals surface area (Å²) in [5, 5.41) is 4.16. The van der Waals surface area contributed by atoms with Crippen molar-refractivity contribution in [3.63, 3.8) is 0 Å². The molecule has 3 atom stereocenters. The Kier molecular flexibility index (Phi) is 4.87. The van der Waals surface area contributed by atoms with Crippen LogP contribution in [0.5, 0.6) is 0 Å². The molecule has 1 saturated heterocycles. The van der Waals surface area contributed by atoms with Gasteiger partial charge in [-0.25, -0.2) is 0 Å². The van der Waals surface area contributed by atoms with Crippen molar-refractivity contribution in [2.24, 2.45) is 5.73 Å². The topological polar surface area (TPSA) is 77.4 Å². The minimum atomic E-state index is -0.0711. The van der Waals surface area contributed by atoms with Gasteiger partial charge in [0.15, 0.2) is 0 Å². The fraction of sp³-hybridized carbons (Fsp3) is 0.867. The molecule has 1 saturated carbocycles. The second-order valence-corrected chi connectivity index (χ2v) is 6.15. The monoisotopic (exact) mass is 294 g/mol. The van der Waals surface area contributed by atoms with Gasteiger partial charge in [0.2, 0.25) is 11.7 Å². The fourth-order valence-corrected chi connectivity index (χ4v) is 3.32. The van der Waals surface area contributed by atoms with Gasteiger partial charge in [-0.1, -0.05) is 31.3 Å². The molecule has 2 aliphatic rings. The first-order valence-corrected chi connectivity index (χ1v) is 8.21. The van der Waals surface area contributed by atoms with Crippen LogP contribution in [-0.2, 0) is 4.74 Å². The molecule has 1 aromatic rings. The van der Waals surface area contributed by atoms with E-state index in [9.17, 15) is 0 Å². The highest BCUT2D eigenvalue weighted by molar-refractivity contribution is 5.02. The number of aromatic nitrogens is 2. The summed E-state index contributed by atoms with van der Waals surface area (Å²) >= 11 is 0. The Morgan fingerprint density at radius 1 is 1.29 bits per heavy atom. The van der Waals surface area contributed by atoms with Crippen LogP contribution in [0, 0.1) is 0 Å². The molecule has 6 heteroatoms.